The quantitative estimate of drug-likeness (QED) is 0.633. The van der Waals surface area contributed by atoms with E-state index in [-0.39, 0.29) is 23.7 Å². The number of rotatable bonds is 5. The van der Waals surface area contributed by atoms with Gasteiger partial charge in [-0.25, -0.2) is 0 Å². The van der Waals surface area contributed by atoms with Crippen molar-refractivity contribution in [2.45, 2.75) is 25.2 Å². The van der Waals surface area contributed by atoms with Gasteiger partial charge < -0.3 is 15.0 Å². The summed E-state index contributed by atoms with van der Waals surface area (Å²) in [6.45, 7) is 2.69. The van der Waals surface area contributed by atoms with E-state index in [4.69, 9.17) is 4.74 Å². The Morgan fingerprint density at radius 3 is 2.65 bits per heavy atom. The van der Waals surface area contributed by atoms with Crippen LogP contribution in [0.3, 0.4) is 0 Å². The lowest BCUT2D eigenvalue weighted by atomic mass is 10.0. The number of ether oxygens (including phenoxy) is 1. The summed E-state index contributed by atoms with van der Waals surface area (Å²) >= 11 is 0. The standard InChI is InChI=1S/C25H27N5O4/c31-22-8-9-26-25(28-22)29-23(32)17-6-7-21(20(15-17)16-4-5-16)27-19-3-1-2-18(14-19)24(33)30-10-12-34-13-11-30/h1-3,6-7,14-16,27H,4-5,8-13H2,(H2,26,28,29,31,32). The summed E-state index contributed by atoms with van der Waals surface area (Å²) in [6, 6.07) is 13.0. The van der Waals surface area contributed by atoms with Gasteiger partial charge in [0.15, 0.2) is 0 Å². The second-order valence-electron chi connectivity index (χ2n) is 8.67. The second kappa shape index (κ2) is 9.64. The maximum Gasteiger partial charge on any atom is 0.257 e. The fourth-order valence-corrected chi connectivity index (χ4v) is 4.14. The van der Waals surface area contributed by atoms with Crippen LogP contribution in [0.4, 0.5) is 11.4 Å². The molecule has 176 valence electrons. The highest BCUT2D eigenvalue weighted by Crippen LogP contribution is 2.44. The normalized spacial score (nSPS) is 18.1. The zero-order valence-corrected chi connectivity index (χ0v) is 18.8. The largest absolute Gasteiger partial charge is 0.378 e. The Labute approximate surface area is 197 Å². The van der Waals surface area contributed by atoms with Crippen LogP contribution in [0, 0.1) is 0 Å². The van der Waals surface area contributed by atoms with Gasteiger partial charge in [-0.15, -0.1) is 0 Å². The van der Waals surface area contributed by atoms with Gasteiger partial charge in [0.1, 0.15) is 0 Å². The van der Waals surface area contributed by atoms with E-state index >= 15 is 0 Å². The van der Waals surface area contributed by atoms with Gasteiger partial charge in [0, 0.05) is 42.0 Å². The summed E-state index contributed by atoms with van der Waals surface area (Å²) < 4.78 is 5.34. The predicted octanol–water partition coefficient (Wildman–Crippen LogP) is 2.39. The Kier molecular flexibility index (Phi) is 6.27. The van der Waals surface area contributed by atoms with Crippen LogP contribution in [-0.2, 0) is 9.53 Å². The number of amides is 3. The molecule has 1 aliphatic carbocycles. The van der Waals surface area contributed by atoms with Crippen molar-refractivity contribution in [2.24, 2.45) is 4.99 Å². The van der Waals surface area contributed by atoms with Crippen molar-refractivity contribution in [3.63, 3.8) is 0 Å². The molecule has 3 amide bonds. The summed E-state index contributed by atoms with van der Waals surface area (Å²) in [6.07, 6.45) is 2.46. The van der Waals surface area contributed by atoms with E-state index < -0.39 is 0 Å². The summed E-state index contributed by atoms with van der Waals surface area (Å²) in [7, 11) is 0. The first-order chi connectivity index (χ1) is 16.6. The third-order valence-electron chi connectivity index (χ3n) is 6.12. The van der Waals surface area contributed by atoms with E-state index in [0.717, 1.165) is 29.8 Å². The lowest BCUT2D eigenvalue weighted by molar-refractivity contribution is -0.119. The monoisotopic (exact) mass is 461 g/mol. The minimum absolute atomic E-state index is 0.000830. The lowest BCUT2D eigenvalue weighted by Crippen LogP contribution is -2.46. The number of morpholine rings is 1. The number of carbonyl (C=O) groups is 3. The molecule has 9 heteroatoms. The van der Waals surface area contributed by atoms with Gasteiger partial charge in [-0.3, -0.25) is 30.0 Å². The fourth-order valence-electron chi connectivity index (χ4n) is 4.14. The van der Waals surface area contributed by atoms with Crippen LogP contribution in [0.2, 0.25) is 0 Å². The number of nitrogens with one attached hydrogen (secondary N) is 3. The third-order valence-corrected chi connectivity index (χ3v) is 6.12. The number of nitrogens with zero attached hydrogens (tertiary/aromatic N) is 2. The highest BCUT2D eigenvalue weighted by Gasteiger charge is 2.28. The second-order valence-corrected chi connectivity index (χ2v) is 8.67. The number of carbonyl (C=O) groups excluding carboxylic acids is 3. The van der Waals surface area contributed by atoms with Crippen molar-refractivity contribution >= 4 is 35.1 Å². The van der Waals surface area contributed by atoms with Crippen molar-refractivity contribution in [3.05, 3.63) is 59.2 Å². The molecule has 1 saturated heterocycles. The minimum atomic E-state index is -0.312. The summed E-state index contributed by atoms with van der Waals surface area (Å²) in [5, 5.41) is 8.70. The topological polar surface area (TPSA) is 112 Å². The smallest absolute Gasteiger partial charge is 0.257 e. The zero-order chi connectivity index (χ0) is 23.5. The van der Waals surface area contributed by atoms with Crippen molar-refractivity contribution in [3.8, 4) is 0 Å². The van der Waals surface area contributed by atoms with Gasteiger partial charge in [0.05, 0.1) is 19.8 Å². The Morgan fingerprint density at radius 2 is 1.88 bits per heavy atom. The van der Waals surface area contributed by atoms with E-state index in [2.05, 4.69) is 20.9 Å². The molecular formula is C25H27N5O4. The Morgan fingerprint density at radius 1 is 1.06 bits per heavy atom. The predicted molar refractivity (Wildman–Crippen MR) is 127 cm³/mol. The lowest BCUT2D eigenvalue weighted by Gasteiger charge is -2.27. The molecular weight excluding hydrogens is 434 g/mol. The molecule has 34 heavy (non-hydrogen) atoms. The van der Waals surface area contributed by atoms with Gasteiger partial charge >= 0.3 is 0 Å². The SMILES string of the molecule is O=C1CCN=C(NC(=O)c2ccc(Nc3cccc(C(=O)N4CCOCC4)c3)c(C3CC3)c2)N1. The average Bonchev–Trinajstić information content (AvgIpc) is 3.70. The molecule has 3 N–H and O–H groups in total. The molecule has 2 aliphatic heterocycles. The molecule has 0 unspecified atom stereocenters. The molecule has 2 aromatic rings. The molecule has 2 fully saturated rings. The molecule has 1 saturated carbocycles. The van der Waals surface area contributed by atoms with Crippen LogP contribution in [0.25, 0.3) is 0 Å². The van der Waals surface area contributed by atoms with E-state index in [9.17, 15) is 14.4 Å². The van der Waals surface area contributed by atoms with Gasteiger partial charge in [0.25, 0.3) is 11.8 Å². The molecule has 0 radical (unpaired) electrons. The molecule has 5 rings (SSSR count). The van der Waals surface area contributed by atoms with Gasteiger partial charge in [-0.1, -0.05) is 6.07 Å². The number of hydrogen-bond donors (Lipinski definition) is 3. The average molecular weight is 462 g/mol. The molecule has 0 aromatic heterocycles. The van der Waals surface area contributed by atoms with Crippen molar-refractivity contribution in [1.29, 1.82) is 0 Å². The Bertz CT molecular complexity index is 1150. The Balaban J connectivity index is 1.32. The first-order valence-electron chi connectivity index (χ1n) is 11.6. The van der Waals surface area contributed by atoms with Gasteiger partial charge in [-0.05, 0) is 60.7 Å². The van der Waals surface area contributed by atoms with Crippen LogP contribution >= 0.6 is 0 Å². The number of guanidine groups is 1. The Hall–Kier alpha value is -3.72. The molecule has 9 nitrogen and oxygen atoms in total. The maximum absolute atomic E-state index is 12.9. The summed E-state index contributed by atoms with van der Waals surface area (Å²) in [4.78, 5) is 43.1. The van der Waals surface area contributed by atoms with Crippen LogP contribution in [0.5, 0.6) is 0 Å². The third kappa shape index (κ3) is 5.09. The zero-order valence-electron chi connectivity index (χ0n) is 18.8. The van der Waals surface area contributed by atoms with Crippen LogP contribution in [0.15, 0.2) is 47.5 Å². The van der Waals surface area contributed by atoms with E-state index in [1.54, 1.807) is 6.07 Å². The highest BCUT2D eigenvalue weighted by molar-refractivity contribution is 6.10. The first-order valence-corrected chi connectivity index (χ1v) is 11.6. The van der Waals surface area contributed by atoms with E-state index in [0.29, 0.717) is 56.3 Å². The molecule has 2 aromatic carbocycles. The summed E-state index contributed by atoms with van der Waals surface area (Å²) in [5.74, 6) is 0.114. The van der Waals surface area contributed by atoms with E-state index in [1.165, 1.54) is 0 Å². The van der Waals surface area contributed by atoms with Crippen molar-refractivity contribution in [1.82, 2.24) is 15.5 Å². The van der Waals surface area contributed by atoms with Crippen LogP contribution in [0.1, 0.15) is 51.5 Å². The first kappa shape index (κ1) is 22.1. The maximum atomic E-state index is 12.9. The van der Waals surface area contributed by atoms with Crippen molar-refractivity contribution < 1.29 is 19.1 Å². The minimum Gasteiger partial charge on any atom is -0.378 e. The van der Waals surface area contributed by atoms with Crippen molar-refractivity contribution in [2.75, 3.05) is 38.2 Å². The molecule has 0 bridgehead atoms. The number of aliphatic imine (C=N–C) groups is 1. The molecule has 2 heterocycles. The number of anilines is 2. The number of benzene rings is 2. The van der Waals surface area contributed by atoms with E-state index in [1.807, 2.05) is 41.3 Å². The highest BCUT2D eigenvalue weighted by atomic mass is 16.5. The number of hydrogen-bond acceptors (Lipinski definition) is 6. The molecule has 0 spiro atoms. The van der Waals surface area contributed by atoms with Crippen LogP contribution < -0.4 is 16.0 Å². The fraction of sp³-hybridized carbons (Fsp3) is 0.360. The van der Waals surface area contributed by atoms with Gasteiger partial charge in [0.2, 0.25) is 11.9 Å². The van der Waals surface area contributed by atoms with Crippen LogP contribution in [-0.4, -0.2) is 61.4 Å². The van der Waals surface area contributed by atoms with Gasteiger partial charge in [-0.2, -0.15) is 0 Å². The molecule has 3 aliphatic rings. The molecule has 0 atom stereocenters. The summed E-state index contributed by atoms with van der Waals surface area (Å²) in [5.41, 5.74) is 3.93.